The first-order valence-electron chi connectivity index (χ1n) is 6.96. The summed E-state index contributed by atoms with van der Waals surface area (Å²) in [5, 5.41) is 13.3. The third-order valence-corrected chi connectivity index (χ3v) is 4.44. The summed E-state index contributed by atoms with van der Waals surface area (Å²) in [6, 6.07) is 0. The van der Waals surface area contributed by atoms with E-state index in [9.17, 15) is 4.79 Å². The molecule has 1 aromatic rings. The Morgan fingerprint density at radius 1 is 1.17 bits per heavy atom. The molecule has 0 aromatic carbocycles. The maximum Gasteiger partial charge on any atom is 0.306 e. The number of hydrogen-bond acceptors (Lipinski definition) is 3. The van der Waals surface area contributed by atoms with Crippen molar-refractivity contribution in [2.24, 2.45) is 5.92 Å². The molecule has 1 aromatic heterocycles. The number of carboxylic acids is 1. The first-order chi connectivity index (χ1) is 8.75. The quantitative estimate of drug-likeness (QED) is 0.875. The largest absolute Gasteiger partial charge is 0.481 e. The summed E-state index contributed by atoms with van der Waals surface area (Å²) in [6.07, 6.45) is 7.98. The highest BCUT2D eigenvalue weighted by Crippen LogP contribution is 2.38. The fourth-order valence-corrected chi connectivity index (χ4v) is 3.34. The monoisotopic (exact) mass is 249 g/mol. The molecule has 0 unspecified atom stereocenters. The Hall–Kier alpha value is -1.32. The van der Waals surface area contributed by atoms with Gasteiger partial charge < -0.3 is 9.63 Å². The molecule has 1 saturated carbocycles. The van der Waals surface area contributed by atoms with Crippen molar-refractivity contribution in [3.63, 3.8) is 0 Å². The third kappa shape index (κ3) is 2.04. The van der Waals surface area contributed by atoms with Crippen LogP contribution in [-0.2, 0) is 17.6 Å². The lowest BCUT2D eigenvalue weighted by molar-refractivity contribution is -0.142. The van der Waals surface area contributed by atoms with Crippen LogP contribution < -0.4 is 0 Å². The van der Waals surface area contributed by atoms with Gasteiger partial charge in [-0.25, -0.2) is 0 Å². The smallest absolute Gasteiger partial charge is 0.306 e. The fourth-order valence-electron chi connectivity index (χ4n) is 3.34. The molecule has 1 fully saturated rings. The van der Waals surface area contributed by atoms with Crippen LogP contribution >= 0.6 is 0 Å². The minimum atomic E-state index is -0.643. The van der Waals surface area contributed by atoms with E-state index in [1.54, 1.807) is 0 Å². The lowest BCUT2D eigenvalue weighted by Crippen LogP contribution is -2.21. The second-order valence-corrected chi connectivity index (χ2v) is 5.56. The van der Waals surface area contributed by atoms with Crippen LogP contribution in [0.25, 0.3) is 0 Å². The van der Waals surface area contributed by atoms with E-state index in [4.69, 9.17) is 9.63 Å². The second kappa shape index (κ2) is 4.75. The number of carbonyl (C=O) groups is 1. The molecule has 0 saturated heterocycles. The van der Waals surface area contributed by atoms with E-state index < -0.39 is 5.97 Å². The Kier molecular flexibility index (Phi) is 3.10. The van der Waals surface area contributed by atoms with Gasteiger partial charge in [0.2, 0.25) is 0 Å². The molecule has 3 rings (SSSR count). The summed E-state index contributed by atoms with van der Waals surface area (Å²) in [5.41, 5.74) is 2.47. The first kappa shape index (κ1) is 11.8. The zero-order chi connectivity index (χ0) is 12.5. The van der Waals surface area contributed by atoms with Crippen LogP contribution in [0.5, 0.6) is 0 Å². The van der Waals surface area contributed by atoms with E-state index >= 15 is 0 Å². The van der Waals surface area contributed by atoms with E-state index in [0.717, 1.165) is 50.0 Å². The number of carboxylic acid groups (broad SMARTS) is 1. The van der Waals surface area contributed by atoms with Crippen LogP contribution in [0.4, 0.5) is 0 Å². The van der Waals surface area contributed by atoms with Crippen molar-refractivity contribution in [3.8, 4) is 0 Å². The average molecular weight is 249 g/mol. The predicted molar refractivity (Wildman–Crippen MR) is 65.5 cm³/mol. The van der Waals surface area contributed by atoms with E-state index in [-0.39, 0.29) is 5.92 Å². The van der Waals surface area contributed by atoms with Gasteiger partial charge in [-0.1, -0.05) is 5.16 Å². The molecule has 0 bridgehead atoms. The summed E-state index contributed by atoms with van der Waals surface area (Å²) in [6.45, 7) is 0. The molecular formula is C14H19NO3. The summed E-state index contributed by atoms with van der Waals surface area (Å²) in [5.74, 6) is 0.711. The van der Waals surface area contributed by atoms with E-state index in [1.165, 1.54) is 18.4 Å². The summed E-state index contributed by atoms with van der Waals surface area (Å²) in [7, 11) is 0. The van der Waals surface area contributed by atoms with Crippen molar-refractivity contribution >= 4 is 5.97 Å². The van der Waals surface area contributed by atoms with Gasteiger partial charge in [0, 0.05) is 17.9 Å². The first-order valence-corrected chi connectivity index (χ1v) is 6.96. The Bertz CT molecular complexity index is 444. The molecule has 0 radical (unpaired) electrons. The molecule has 0 atom stereocenters. The van der Waals surface area contributed by atoms with Gasteiger partial charge in [-0.2, -0.15) is 0 Å². The van der Waals surface area contributed by atoms with Crippen molar-refractivity contribution < 1.29 is 14.4 Å². The van der Waals surface area contributed by atoms with Gasteiger partial charge in [0.25, 0.3) is 0 Å². The van der Waals surface area contributed by atoms with Crippen LogP contribution in [0, 0.1) is 5.92 Å². The molecule has 0 aliphatic heterocycles. The van der Waals surface area contributed by atoms with Crippen LogP contribution in [0.1, 0.15) is 61.5 Å². The zero-order valence-electron chi connectivity index (χ0n) is 10.5. The SMILES string of the molecule is O=C(O)[C@H]1CC[C@H](c2noc3c2CCCC3)CC1. The van der Waals surface area contributed by atoms with Crippen molar-refractivity contribution in [3.05, 3.63) is 17.0 Å². The number of hydrogen-bond donors (Lipinski definition) is 1. The maximum absolute atomic E-state index is 10.9. The zero-order valence-corrected chi connectivity index (χ0v) is 10.5. The van der Waals surface area contributed by atoms with Crippen molar-refractivity contribution in [2.45, 2.75) is 57.3 Å². The highest BCUT2D eigenvalue weighted by Gasteiger charge is 2.31. The molecule has 2 aliphatic rings. The van der Waals surface area contributed by atoms with Crippen molar-refractivity contribution in [1.82, 2.24) is 5.16 Å². The highest BCUT2D eigenvalue weighted by molar-refractivity contribution is 5.70. The fraction of sp³-hybridized carbons (Fsp3) is 0.714. The van der Waals surface area contributed by atoms with E-state index in [0.29, 0.717) is 5.92 Å². The molecule has 18 heavy (non-hydrogen) atoms. The summed E-state index contributed by atoms with van der Waals surface area (Å²) < 4.78 is 5.45. The summed E-state index contributed by atoms with van der Waals surface area (Å²) >= 11 is 0. The van der Waals surface area contributed by atoms with Gasteiger partial charge in [-0.05, 0) is 44.9 Å². The van der Waals surface area contributed by atoms with Gasteiger partial charge >= 0.3 is 5.97 Å². The molecule has 2 aliphatic carbocycles. The number of rotatable bonds is 2. The average Bonchev–Trinajstić information content (AvgIpc) is 2.82. The molecule has 1 N–H and O–H groups in total. The number of aliphatic carboxylic acids is 1. The molecule has 4 heteroatoms. The van der Waals surface area contributed by atoms with E-state index in [2.05, 4.69) is 5.16 Å². The van der Waals surface area contributed by atoms with Crippen LogP contribution in [0.3, 0.4) is 0 Å². The minimum Gasteiger partial charge on any atom is -0.481 e. The number of aryl methyl sites for hydroxylation is 1. The maximum atomic E-state index is 10.9. The van der Waals surface area contributed by atoms with E-state index in [1.807, 2.05) is 0 Å². The van der Waals surface area contributed by atoms with Crippen LogP contribution in [0.2, 0.25) is 0 Å². The van der Waals surface area contributed by atoms with Crippen molar-refractivity contribution in [1.29, 1.82) is 0 Å². The molecule has 0 spiro atoms. The Morgan fingerprint density at radius 3 is 2.61 bits per heavy atom. The topological polar surface area (TPSA) is 63.3 Å². The van der Waals surface area contributed by atoms with Gasteiger partial charge in [0.05, 0.1) is 11.6 Å². The number of fused-ring (bicyclic) bond motifs is 1. The molecule has 98 valence electrons. The number of nitrogens with zero attached hydrogens (tertiary/aromatic N) is 1. The molecule has 1 heterocycles. The van der Waals surface area contributed by atoms with Gasteiger partial charge in [0.1, 0.15) is 5.76 Å². The van der Waals surface area contributed by atoms with Gasteiger partial charge in [-0.15, -0.1) is 0 Å². The lowest BCUT2D eigenvalue weighted by atomic mass is 9.78. The van der Waals surface area contributed by atoms with Crippen molar-refractivity contribution in [2.75, 3.05) is 0 Å². The minimum absolute atomic E-state index is 0.149. The Balaban J connectivity index is 1.73. The normalized spacial score (nSPS) is 27.8. The predicted octanol–water partition coefficient (Wildman–Crippen LogP) is 2.91. The Labute approximate surface area is 106 Å². The molecular weight excluding hydrogens is 230 g/mol. The number of aromatic nitrogens is 1. The summed E-state index contributed by atoms with van der Waals surface area (Å²) in [4.78, 5) is 10.9. The Morgan fingerprint density at radius 2 is 1.89 bits per heavy atom. The van der Waals surface area contributed by atoms with Gasteiger partial charge in [-0.3, -0.25) is 4.79 Å². The van der Waals surface area contributed by atoms with Crippen LogP contribution in [0.15, 0.2) is 4.52 Å². The van der Waals surface area contributed by atoms with Crippen LogP contribution in [-0.4, -0.2) is 16.2 Å². The van der Waals surface area contributed by atoms with Gasteiger partial charge in [0.15, 0.2) is 0 Å². The molecule has 0 amide bonds. The molecule has 4 nitrogen and oxygen atoms in total. The highest BCUT2D eigenvalue weighted by atomic mass is 16.5. The lowest BCUT2D eigenvalue weighted by Gasteiger charge is -2.25. The standard InChI is InChI=1S/C14H19NO3/c16-14(17)10-7-5-9(6-8-10)13-11-3-1-2-4-12(11)18-15-13/h9-10H,1-8H2,(H,16,17)/t9-,10-. The second-order valence-electron chi connectivity index (χ2n) is 5.56. The third-order valence-electron chi connectivity index (χ3n) is 4.44.